The van der Waals surface area contributed by atoms with E-state index in [0.29, 0.717) is 0 Å². The lowest BCUT2D eigenvalue weighted by Gasteiger charge is -2.16. The minimum Gasteiger partial charge on any atom is -0.449 e. The molecule has 0 spiro atoms. The fourth-order valence-corrected chi connectivity index (χ4v) is 3.64. The van der Waals surface area contributed by atoms with Gasteiger partial charge in [-0.1, -0.05) is 0 Å². The normalized spacial score (nSPS) is 17.0. The standard InChI is InChI=1S/C15H16BrNO2S/c1-9(14-6-10(16)8-20-14)17-11-4-5-12-13(7-11)19-15(2,3)18-12/h4-9,17H,1-3H3. The first-order valence-electron chi connectivity index (χ1n) is 6.45. The molecule has 0 bridgehead atoms. The molecule has 1 aromatic heterocycles. The molecule has 1 aromatic carbocycles. The van der Waals surface area contributed by atoms with E-state index in [1.807, 2.05) is 32.0 Å². The summed E-state index contributed by atoms with van der Waals surface area (Å²) < 4.78 is 12.6. The van der Waals surface area contributed by atoms with Crippen molar-refractivity contribution in [2.75, 3.05) is 5.32 Å². The molecular weight excluding hydrogens is 338 g/mol. The van der Waals surface area contributed by atoms with Crippen LogP contribution >= 0.6 is 27.3 Å². The number of fused-ring (bicyclic) bond motifs is 1. The molecule has 3 nitrogen and oxygen atoms in total. The molecule has 2 aromatic rings. The van der Waals surface area contributed by atoms with E-state index >= 15 is 0 Å². The number of thiophene rings is 1. The zero-order valence-corrected chi connectivity index (χ0v) is 14.0. The van der Waals surface area contributed by atoms with Crippen LogP contribution in [0.5, 0.6) is 11.5 Å². The Kier molecular flexibility index (Phi) is 3.42. The second-order valence-electron chi connectivity index (χ2n) is 5.30. The summed E-state index contributed by atoms with van der Waals surface area (Å²) in [6.07, 6.45) is 0. The van der Waals surface area contributed by atoms with Gasteiger partial charge in [-0.2, -0.15) is 0 Å². The molecule has 1 N–H and O–H groups in total. The van der Waals surface area contributed by atoms with Crippen molar-refractivity contribution in [2.45, 2.75) is 32.6 Å². The SMILES string of the molecule is CC(Nc1ccc2c(c1)OC(C)(C)O2)c1cc(Br)cs1. The lowest BCUT2D eigenvalue weighted by atomic mass is 10.2. The number of ether oxygens (including phenoxy) is 2. The Labute approximate surface area is 131 Å². The van der Waals surface area contributed by atoms with Gasteiger partial charge >= 0.3 is 0 Å². The summed E-state index contributed by atoms with van der Waals surface area (Å²) in [7, 11) is 0. The third-order valence-corrected chi connectivity index (χ3v) is 4.93. The van der Waals surface area contributed by atoms with Crippen molar-refractivity contribution >= 4 is 33.0 Å². The third kappa shape index (κ3) is 2.79. The predicted molar refractivity (Wildman–Crippen MR) is 85.8 cm³/mol. The van der Waals surface area contributed by atoms with E-state index in [0.717, 1.165) is 21.7 Å². The molecule has 0 saturated heterocycles. The van der Waals surface area contributed by atoms with Crippen molar-refractivity contribution in [1.29, 1.82) is 0 Å². The van der Waals surface area contributed by atoms with Gasteiger partial charge in [0, 0.05) is 40.3 Å². The first kappa shape index (κ1) is 13.8. The molecule has 1 aliphatic rings. The molecule has 1 aliphatic heterocycles. The monoisotopic (exact) mass is 353 g/mol. The van der Waals surface area contributed by atoms with Crippen molar-refractivity contribution in [2.24, 2.45) is 0 Å². The topological polar surface area (TPSA) is 30.5 Å². The molecule has 1 unspecified atom stereocenters. The van der Waals surface area contributed by atoms with Gasteiger partial charge in [-0.3, -0.25) is 0 Å². The first-order valence-corrected chi connectivity index (χ1v) is 8.13. The molecule has 0 aliphatic carbocycles. The van der Waals surface area contributed by atoms with Gasteiger partial charge in [0.05, 0.1) is 6.04 Å². The molecule has 0 saturated carbocycles. The molecule has 1 atom stereocenters. The van der Waals surface area contributed by atoms with Gasteiger partial charge in [-0.15, -0.1) is 11.3 Å². The Morgan fingerprint density at radius 1 is 1.20 bits per heavy atom. The largest absolute Gasteiger partial charge is 0.449 e. The first-order chi connectivity index (χ1) is 9.43. The van der Waals surface area contributed by atoms with Crippen LogP contribution in [0.15, 0.2) is 34.1 Å². The van der Waals surface area contributed by atoms with Gasteiger partial charge < -0.3 is 14.8 Å². The van der Waals surface area contributed by atoms with Gasteiger partial charge in [0.1, 0.15) is 0 Å². The molecular formula is C15H16BrNO2S. The highest BCUT2D eigenvalue weighted by molar-refractivity contribution is 9.10. The van der Waals surface area contributed by atoms with Crippen LogP contribution < -0.4 is 14.8 Å². The Morgan fingerprint density at radius 2 is 1.95 bits per heavy atom. The van der Waals surface area contributed by atoms with Crippen molar-refractivity contribution in [3.05, 3.63) is 39.0 Å². The number of hydrogen-bond donors (Lipinski definition) is 1. The van der Waals surface area contributed by atoms with E-state index < -0.39 is 5.79 Å². The van der Waals surface area contributed by atoms with Crippen molar-refractivity contribution in [3.63, 3.8) is 0 Å². The predicted octanol–water partition coefficient (Wildman–Crippen LogP) is 5.19. The molecule has 3 rings (SSSR count). The minimum atomic E-state index is -0.578. The van der Waals surface area contributed by atoms with Crippen LogP contribution in [0.4, 0.5) is 5.69 Å². The molecule has 2 heterocycles. The molecule has 106 valence electrons. The fourth-order valence-electron chi connectivity index (χ4n) is 2.19. The van der Waals surface area contributed by atoms with Crippen LogP contribution in [0.25, 0.3) is 0 Å². The summed E-state index contributed by atoms with van der Waals surface area (Å²) in [5.74, 6) is 1.01. The highest BCUT2D eigenvalue weighted by Crippen LogP contribution is 2.41. The second kappa shape index (κ2) is 4.97. The zero-order valence-electron chi connectivity index (χ0n) is 11.6. The number of anilines is 1. The number of benzene rings is 1. The second-order valence-corrected chi connectivity index (χ2v) is 7.16. The molecule has 0 amide bonds. The van der Waals surface area contributed by atoms with Crippen molar-refractivity contribution in [3.8, 4) is 11.5 Å². The Morgan fingerprint density at radius 3 is 2.65 bits per heavy atom. The molecule has 5 heteroatoms. The molecule has 20 heavy (non-hydrogen) atoms. The van der Waals surface area contributed by atoms with Gasteiger partial charge in [-0.25, -0.2) is 0 Å². The van der Waals surface area contributed by atoms with E-state index in [1.165, 1.54) is 4.88 Å². The van der Waals surface area contributed by atoms with Crippen molar-refractivity contribution < 1.29 is 9.47 Å². The maximum atomic E-state index is 5.76. The average molecular weight is 354 g/mol. The van der Waals surface area contributed by atoms with E-state index in [9.17, 15) is 0 Å². The quantitative estimate of drug-likeness (QED) is 0.823. The number of nitrogens with one attached hydrogen (secondary N) is 1. The smallest absolute Gasteiger partial charge is 0.246 e. The van der Waals surface area contributed by atoms with Crippen LogP contribution in [0.1, 0.15) is 31.7 Å². The van der Waals surface area contributed by atoms with Gasteiger partial charge in [0.25, 0.3) is 0 Å². The lowest BCUT2D eigenvalue weighted by molar-refractivity contribution is -0.0431. The van der Waals surface area contributed by atoms with Crippen molar-refractivity contribution in [1.82, 2.24) is 0 Å². The van der Waals surface area contributed by atoms with Gasteiger partial charge in [0.15, 0.2) is 11.5 Å². The fraction of sp³-hybridized carbons (Fsp3) is 0.333. The maximum Gasteiger partial charge on any atom is 0.246 e. The van der Waals surface area contributed by atoms with Crippen LogP contribution in [0.2, 0.25) is 0 Å². The highest BCUT2D eigenvalue weighted by atomic mass is 79.9. The molecule has 0 radical (unpaired) electrons. The summed E-state index contributed by atoms with van der Waals surface area (Å²) in [4.78, 5) is 1.29. The van der Waals surface area contributed by atoms with E-state index in [1.54, 1.807) is 11.3 Å². The maximum absolute atomic E-state index is 5.76. The van der Waals surface area contributed by atoms with Crippen LogP contribution in [0, 0.1) is 0 Å². The van der Waals surface area contributed by atoms with Crippen LogP contribution in [-0.4, -0.2) is 5.79 Å². The lowest BCUT2D eigenvalue weighted by Crippen LogP contribution is -2.29. The van der Waals surface area contributed by atoms with E-state index in [4.69, 9.17) is 9.47 Å². The van der Waals surface area contributed by atoms with Crippen LogP contribution in [-0.2, 0) is 0 Å². The third-order valence-electron chi connectivity index (χ3n) is 3.05. The summed E-state index contributed by atoms with van der Waals surface area (Å²) in [6.45, 7) is 5.96. The Hall–Kier alpha value is -1.20. The summed E-state index contributed by atoms with van der Waals surface area (Å²) in [6, 6.07) is 8.34. The summed E-state index contributed by atoms with van der Waals surface area (Å²) in [5, 5.41) is 5.58. The summed E-state index contributed by atoms with van der Waals surface area (Å²) >= 11 is 5.22. The van der Waals surface area contributed by atoms with E-state index in [2.05, 4.69) is 39.6 Å². The van der Waals surface area contributed by atoms with Gasteiger partial charge in [-0.05, 0) is 41.1 Å². The molecule has 0 fully saturated rings. The summed E-state index contributed by atoms with van der Waals surface area (Å²) in [5.41, 5.74) is 1.03. The Bertz CT molecular complexity index is 639. The average Bonchev–Trinajstić information content (AvgIpc) is 2.90. The zero-order chi connectivity index (χ0) is 14.3. The number of rotatable bonds is 3. The van der Waals surface area contributed by atoms with Gasteiger partial charge in [0.2, 0.25) is 5.79 Å². The number of hydrogen-bond acceptors (Lipinski definition) is 4. The van der Waals surface area contributed by atoms with Crippen LogP contribution in [0.3, 0.4) is 0 Å². The highest BCUT2D eigenvalue weighted by Gasteiger charge is 2.31. The Balaban J connectivity index is 1.76. The minimum absolute atomic E-state index is 0.250. The number of halogens is 1. The van der Waals surface area contributed by atoms with E-state index in [-0.39, 0.29) is 6.04 Å².